The average molecular weight is 340 g/mol. The summed E-state index contributed by atoms with van der Waals surface area (Å²) in [6.45, 7) is 1.15. The van der Waals surface area contributed by atoms with Gasteiger partial charge < -0.3 is 9.64 Å². The summed E-state index contributed by atoms with van der Waals surface area (Å²) >= 11 is 3.38. The Labute approximate surface area is 127 Å². The predicted octanol–water partition coefficient (Wildman–Crippen LogP) is 2.61. The lowest BCUT2D eigenvalue weighted by Crippen LogP contribution is -2.42. The van der Waals surface area contributed by atoms with Crippen molar-refractivity contribution in [3.8, 4) is 0 Å². The molecule has 5 heteroatoms. The van der Waals surface area contributed by atoms with E-state index >= 15 is 0 Å². The van der Waals surface area contributed by atoms with Gasteiger partial charge in [0.05, 0.1) is 13.0 Å². The molecule has 1 aromatic rings. The summed E-state index contributed by atoms with van der Waals surface area (Å²) in [5, 5.41) is 0.773. The first-order valence-electron chi connectivity index (χ1n) is 6.67. The minimum Gasteiger partial charge on any atom is -0.469 e. The first kappa shape index (κ1) is 15.0. The molecule has 0 radical (unpaired) electrons. The van der Waals surface area contributed by atoms with Crippen molar-refractivity contribution in [2.24, 2.45) is 5.92 Å². The zero-order chi connectivity index (χ0) is 14.5. The third kappa shape index (κ3) is 3.39. The van der Waals surface area contributed by atoms with Gasteiger partial charge in [-0.2, -0.15) is 0 Å². The average Bonchev–Trinajstić information content (AvgIpc) is 2.53. The van der Waals surface area contributed by atoms with E-state index in [1.165, 1.54) is 7.11 Å². The van der Waals surface area contributed by atoms with Crippen LogP contribution in [0.25, 0.3) is 0 Å². The van der Waals surface area contributed by atoms with Gasteiger partial charge in [-0.3, -0.25) is 9.59 Å². The Morgan fingerprint density at radius 1 is 1.35 bits per heavy atom. The Balaban J connectivity index is 2.05. The topological polar surface area (TPSA) is 46.6 Å². The maximum absolute atomic E-state index is 12.4. The first-order valence-corrected chi connectivity index (χ1v) is 7.80. The van der Waals surface area contributed by atoms with Crippen LogP contribution in [0.5, 0.6) is 0 Å². The highest BCUT2D eigenvalue weighted by molar-refractivity contribution is 9.08. The molecule has 1 amide bonds. The van der Waals surface area contributed by atoms with E-state index in [0.29, 0.717) is 18.7 Å². The fourth-order valence-electron chi connectivity index (χ4n) is 2.44. The number of hydrogen-bond donors (Lipinski definition) is 0. The number of piperidine rings is 1. The highest BCUT2D eigenvalue weighted by Crippen LogP contribution is 2.20. The van der Waals surface area contributed by atoms with Gasteiger partial charge in [-0.1, -0.05) is 28.1 Å². The van der Waals surface area contributed by atoms with Crippen LogP contribution in [-0.2, 0) is 14.9 Å². The lowest BCUT2D eigenvalue weighted by molar-refractivity contribution is -0.146. The highest BCUT2D eigenvalue weighted by atomic mass is 79.9. The number of hydrogen-bond acceptors (Lipinski definition) is 3. The second kappa shape index (κ2) is 6.88. The van der Waals surface area contributed by atoms with E-state index < -0.39 is 0 Å². The van der Waals surface area contributed by atoms with Crippen LogP contribution in [0.3, 0.4) is 0 Å². The van der Waals surface area contributed by atoms with Gasteiger partial charge in [-0.15, -0.1) is 0 Å². The number of benzene rings is 1. The minimum absolute atomic E-state index is 0.0141. The predicted molar refractivity (Wildman–Crippen MR) is 79.7 cm³/mol. The molecular formula is C15H18BrNO3. The molecule has 108 valence electrons. The summed E-state index contributed by atoms with van der Waals surface area (Å²) in [5.74, 6) is -0.434. The number of halogens is 1. The zero-order valence-corrected chi connectivity index (χ0v) is 13.1. The molecule has 2 rings (SSSR count). The molecule has 1 aliphatic rings. The van der Waals surface area contributed by atoms with Gasteiger partial charge >= 0.3 is 5.97 Å². The number of methoxy groups -OCH3 is 1. The van der Waals surface area contributed by atoms with Crippen LogP contribution in [-0.4, -0.2) is 37.0 Å². The molecule has 1 aliphatic heterocycles. The van der Waals surface area contributed by atoms with E-state index in [-0.39, 0.29) is 17.8 Å². The molecule has 0 bridgehead atoms. The van der Waals surface area contributed by atoms with E-state index in [9.17, 15) is 9.59 Å². The molecule has 0 spiro atoms. The zero-order valence-electron chi connectivity index (χ0n) is 11.5. The van der Waals surface area contributed by atoms with Crippen LogP contribution in [0, 0.1) is 5.92 Å². The lowest BCUT2D eigenvalue weighted by Gasteiger charge is -2.31. The van der Waals surface area contributed by atoms with Crippen molar-refractivity contribution in [1.29, 1.82) is 0 Å². The number of likely N-dealkylation sites (tertiary alicyclic amines) is 1. The Hall–Kier alpha value is -1.36. The Kier molecular flexibility index (Phi) is 5.17. The second-order valence-corrected chi connectivity index (χ2v) is 5.50. The first-order chi connectivity index (χ1) is 9.65. The van der Waals surface area contributed by atoms with Crippen molar-refractivity contribution >= 4 is 27.8 Å². The number of rotatable bonds is 3. The number of carbonyl (C=O) groups is 2. The van der Waals surface area contributed by atoms with Crippen LogP contribution in [0.1, 0.15) is 28.8 Å². The Morgan fingerprint density at radius 2 is 2.05 bits per heavy atom. The molecule has 1 aromatic carbocycles. The molecule has 4 nitrogen and oxygen atoms in total. The van der Waals surface area contributed by atoms with Crippen LogP contribution < -0.4 is 0 Å². The van der Waals surface area contributed by atoms with Crippen molar-refractivity contribution < 1.29 is 14.3 Å². The van der Waals surface area contributed by atoms with Gasteiger partial charge in [0.2, 0.25) is 0 Å². The molecule has 1 fully saturated rings. The van der Waals surface area contributed by atoms with E-state index in [0.717, 1.165) is 23.7 Å². The highest BCUT2D eigenvalue weighted by Gasteiger charge is 2.29. The Morgan fingerprint density at radius 3 is 2.65 bits per heavy atom. The molecule has 0 N–H and O–H groups in total. The van der Waals surface area contributed by atoms with Gasteiger partial charge in [0.1, 0.15) is 0 Å². The quantitative estimate of drug-likeness (QED) is 0.628. The fourth-order valence-corrected chi connectivity index (χ4v) is 2.81. The summed E-state index contributed by atoms with van der Waals surface area (Å²) < 4.78 is 4.77. The maximum atomic E-state index is 12.4. The standard InChI is InChI=1S/C15H18BrNO3/c1-20-15(19)13-3-2-8-17(10-13)14(18)12-6-4-11(9-16)5-7-12/h4-7,13H,2-3,8-10H2,1H3. The van der Waals surface area contributed by atoms with Crippen molar-refractivity contribution in [2.75, 3.05) is 20.2 Å². The summed E-state index contributed by atoms with van der Waals surface area (Å²) in [5.41, 5.74) is 1.80. The summed E-state index contributed by atoms with van der Waals surface area (Å²) in [7, 11) is 1.39. The molecule has 1 unspecified atom stereocenters. The van der Waals surface area contributed by atoms with Crippen molar-refractivity contribution in [3.05, 3.63) is 35.4 Å². The van der Waals surface area contributed by atoms with Gasteiger partial charge in [-0.05, 0) is 30.5 Å². The normalized spacial score (nSPS) is 18.7. The van der Waals surface area contributed by atoms with Crippen molar-refractivity contribution in [2.45, 2.75) is 18.2 Å². The van der Waals surface area contributed by atoms with Gasteiger partial charge in [-0.25, -0.2) is 0 Å². The maximum Gasteiger partial charge on any atom is 0.310 e. The van der Waals surface area contributed by atoms with Crippen LogP contribution in [0.15, 0.2) is 24.3 Å². The molecule has 0 aliphatic carbocycles. The molecule has 1 saturated heterocycles. The van der Waals surface area contributed by atoms with Crippen molar-refractivity contribution in [3.63, 3.8) is 0 Å². The minimum atomic E-state index is -0.225. The molecule has 1 heterocycles. The van der Waals surface area contributed by atoms with E-state index in [4.69, 9.17) is 4.74 Å². The van der Waals surface area contributed by atoms with E-state index in [1.807, 2.05) is 24.3 Å². The number of nitrogens with zero attached hydrogens (tertiary/aromatic N) is 1. The van der Waals surface area contributed by atoms with Crippen LogP contribution >= 0.6 is 15.9 Å². The molecule has 0 saturated carbocycles. The number of esters is 1. The monoisotopic (exact) mass is 339 g/mol. The van der Waals surface area contributed by atoms with Crippen molar-refractivity contribution in [1.82, 2.24) is 4.90 Å². The van der Waals surface area contributed by atoms with Gasteiger partial charge in [0, 0.05) is 24.0 Å². The summed E-state index contributed by atoms with van der Waals surface area (Å²) in [4.78, 5) is 25.8. The number of ether oxygens (including phenoxy) is 1. The smallest absolute Gasteiger partial charge is 0.310 e. The summed E-state index contributed by atoms with van der Waals surface area (Å²) in [6.07, 6.45) is 1.63. The third-order valence-electron chi connectivity index (χ3n) is 3.60. The Bertz CT molecular complexity index is 486. The van der Waals surface area contributed by atoms with E-state index in [2.05, 4.69) is 15.9 Å². The van der Waals surface area contributed by atoms with Gasteiger partial charge in [0.15, 0.2) is 0 Å². The molecule has 1 atom stereocenters. The number of amides is 1. The summed E-state index contributed by atoms with van der Waals surface area (Å²) in [6, 6.07) is 7.54. The van der Waals surface area contributed by atoms with Gasteiger partial charge in [0.25, 0.3) is 5.91 Å². The van der Waals surface area contributed by atoms with Crippen LogP contribution in [0.4, 0.5) is 0 Å². The van der Waals surface area contributed by atoms with Crippen LogP contribution in [0.2, 0.25) is 0 Å². The SMILES string of the molecule is COC(=O)C1CCCN(C(=O)c2ccc(CBr)cc2)C1. The molecular weight excluding hydrogens is 322 g/mol. The lowest BCUT2D eigenvalue weighted by atomic mass is 9.97. The largest absolute Gasteiger partial charge is 0.469 e. The molecule has 20 heavy (non-hydrogen) atoms. The van der Waals surface area contributed by atoms with E-state index in [1.54, 1.807) is 4.90 Å². The third-order valence-corrected chi connectivity index (χ3v) is 4.25. The fraction of sp³-hybridized carbons (Fsp3) is 0.467. The molecule has 0 aromatic heterocycles. The second-order valence-electron chi connectivity index (χ2n) is 4.94. The number of alkyl halides is 1. The number of carbonyl (C=O) groups excluding carboxylic acids is 2.